The van der Waals surface area contributed by atoms with Crippen molar-refractivity contribution in [2.45, 2.75) is 12.8 Å². The highest BCUT2D eigenvalue weighted by Gasteiger charge is 2.03. The fourth-order valence-corrected chi connectivity index (χ4v) is 1.15. The first kappa shape index (κ1) is 11.5. The number of aromatic hydroxyl groups is 1. The SMILES string of the molecule is O=C(NCCCCO)c1ccc(O)cc1. The van der Waals surface area contributed by atoms with Crippen LogP contribution in [0.4, 0.5) is 0 Å². The van der Waals surface area contributed by atoms with Crippen LogP contribution in [0, 0.1) is 0 Å². The third-order valence-electron chi connectivity index (χ3n) is 2.00. The fraction of sp³-hybridized carbons (Fsp3) is 0.364. The van der Waals surface area contributed by atoms with E-state index in [4.69, 9.17) is 10.2 Å². The van der Waals surface area contributed by atoms with Crippen molar-refractivity contribution in [2.24, 2.45) is 0 Å². The molecule has 0 aliphatic carbocycles. The molecule has 0 aliphatic heterocycles. The van der Waals surface area contributed by atoms with E-state index in [1.165, 1.54) is 12.1 Å². The fourth-order valence-electron chi connectivity index (χ4n) is 1.15. The number of rotatable bonds is 5. The summed E-state index contributed by atoms with van der Waals surface area (Å²) in [6.07, 6.45) is 1.45. The minimum atomic E-state index is -0.159. The number of unbranched alkanes of at least 4 members (excludes halogenated alkanes) is 1. The maximum absolute atomic E-state index is 11.5. The highest BCUT2D eigenvalue weighted by Crippen LogP contribution is 2.09. The van der Waals surface area contributed by atoms with Gasteiger partial charge in [-0.2, -0.15) is 0 Å². The van der Waals surface area contributed by atoms with Crippen LogP contribution in [-0.2, 0) is 0 Å². The minimum Gasteiger partial charge on any atom is -0.508 e. The molecule has 1 aromatic rings. The van der Waals surface area contributed by atoms with E-state index in [0.717, 1.165) is 6.42 Å². The Morgan fingerprint density at radius 3 is 2.47 bits per heavy atom. The molecule has 0 spiro atoms. The minimum absolute atomic E-state index is 0.145. The maximum Gasteiger partial charge on any atom is 0.251 e. The molecular formula is C11H15NO3. The predicted molar refractivity (Wildman–Crippen MR) is 56.8 cm³/mol. The number of aliphatic hydroxyl groups excluding tert-OH is 1. The number of phenols is 1. The number of aliphatic hydroxyl groups is 1. The number of benzene rings is 1. The second-order valence-corrected chi connectivity index (χ2v) is 3.23. The van der Waals surface area contributed by atoms with E-state index < -0.39 is 0 Å². The molecule has 1 amide bonds. The number of hydrogen-bond acceptors (Lipinski definition) is 3. The van der Waals surface area contributed by atoms with Crippen LogP contribution in [0.15, 0.2) is 24.3 Å². The van der Waals surface area contributed by atoms with Crippen molar-refractivity contribution >= 4 is 5.91 Å². The van der Waals surface area contributed by atoms with Gasteiger partial charge >= 0.3 is 0 Å². The van der Waals surface area contributed by atoms with Crippen LogP contribution >= 0.6 is 0 Å². The van der Waals surface area contributed by atoms with E-state index in [-0.39, 0.29) is 18.3 Å². The molecular weight excluding hydrogens is 194 g/mol. The molecule has 0 aliphatic rings. The number of phenolic OH excluding ortho intramolecular Hbond substituents is 1. The molecule has 3 N–H and O–H groups in total. The van der Waals surface area contributed by atoms with E-state index in [1.807, 2.05) is 0 Å². The summed E-state index contributed by atoms with van der Waals surface area (Å²) in [6, 6.07) is 6.08. The third kappa shape index (κ3) is 3.99. The summed E-state index contributed by atoms with van der Waals surface area (Å²) in [5, 5.41) is 20.3. The second kappa shape index (κ2) is 6.03. The Bertz CT molecular complexity index is 308. The van der Waals surface area contributed by atoms with Crippen molar-refractivity contribution in [1.29, 1.82) is 0 Å². The quantitative estimate of drug-likeness (QED) is 0.631. The summed E-state index contributed by atoms with van der Waals surface area (Å²) in [4.78, 5) is 11.5. The van der Waals surface area contributed by atoms with E-state index in [0.29, 0.717) is 18.5 Å². The smallest absolute Gasteiger partial charge is 0.251 e. The Labute approximate surface area is 88.6 Å². The first-order chi connectivity index (χ1) is 7.24. The van der Waals surface area contributed by atoms with Gasteiger partial charge in [0.05, 0.1) is 0 Å². The van der Waals surface area contributed by atoms with Crippen molar-refractivity contribution in [3.8, 4) is 5.75 Å². The molecule has 0 unspecified atom stereocenters. The van der Waals surface area contributed by atoms with E-state index >= 15 is 0 Å². The summed E-state index contributed by atoms with van der Waals surface area (Å²) in [5.41, 5.74) is 0.525. The molecule has 15 heavy (non-hydrogen) atoms. The lowest BCUT2D eigenvalue weighted by atomic mass is 10.2. The van der Waals surface area contributed by atoms with Crippen LogP contribution in [0.2, 0.25) is 0 Å². The lowest BCUT2D eigenvalue weighted by Crippen LogP contribution is -2.24. The first-order valence-electron chi connectivity index (χ1n) is 4.92. The zero-order valence-electron chi connectivity index (χ0n) is 8.44. The van der Waals surface area contributed by atoms with Gasteiger partial charge in [0.1, 0.15) is 5.75 Å². The van der Waals surface area contributed by atoms with Gasteiger partial charge in [0.15, 0.2) is 0 Å². The molecule has 4 heteroatoms. The number of amides is 1. The summed E-state index contributed by atoms with van der Waals surface area (Å²) in [6.45, 7) is 0.704. The summed E-state index contributed by atoms with van der Waals surface area (Å²) in [5.74, 6) is -0.0141. The zero-order chi connectivity index (χ0) is 11.1. The molecule has 1 rings (SSSR count). The molecule has 1 aromatic carbocycles. The lowest BCUT2D eigenvalue weighted by Gasteiger charge is -2.04. The Hall–Kier alpha value is -1.55. The largest absolute Gasteiger partial charge is 0.508 e. The van der Waals surface area contributed by atoms with Crippen molar-refractivity contribution in [3.05, 3.63) is 29.8 Å². The van der Waals surface area contributed by atoms with Gasteiger partial charge in [0, 0.05) is 18.7 Å². The highest BCUT2D eigenvalue weighted by molar-refractivity contribution is 5.94. The lowest BCUT2D eigenvalue weighted by molar-refractivity contribution is 0.0952. The maximum atomic E-state index is 11.5. The number of carbonyl (C=O) groups is 1. The van der Waals surface area contributed by atoms with Crippen molar-refractivity contribution in [3.63, 3.8) is 0 Å². The molecule has 0 saturated heterocycles. The van der Waals surface area contributed by atoms with E-state index in [2.05, 4.69) is 5.32 Å². The van der Waals surface area contributed by atoms with Crippen LogP contribution in [0.5, 0.6) is 5.75 Å². The van der Waals surface area contributed by atoms with Crippen molar-refractivity contribution < 1.29 is 15.0 Å². The van der Waals surface area contributed by atoms with E-state index in [1.54, 1.807) is 12.1 Å². The van der Waals surface area contributed by atoms with Crippen LogP contribution in [0.25, 0.3) is 0 Å². The Kier molecular flexibility index (Phi) is 4.63. The van der Waals surface area contributed by atoms with Crippen LogP contribution in [0.1, 0.15) is 23.2 Å². The van der Waals surface area contributed by atoms with Crippen LogP contribution < -0.4 is 5.32 Å². The number of carbonyl (C=O) groups excluding carboxylic acids is 1. The Morgan fingerprint density at radius 2 is 1.87 bits per heavy atom. The molecule has 0 radical (unpaired) electrons. The van der Waals surface area contributed by atoms with E-state index in [9.17, 15) is 4.79 Å². The van der Waals surface area contributed by atoms with Gasteiger partial charge in [-0.3, -0.25) is 4.79 Å². The van der Waals surface area contributed by atoms with Crippen LogP contribution in [-0.4, -0.2) is 29.3 Å². The summed E-state index contributed by atoms with van der Waals surface area (Å²) < 4.78 is 0. The molecule has 0 bridgehead atoms. The Balaban J connectivity index is 2.37. The standard InChI is InChI=1S/C11H15NO3/c13-8-2-1-7-12-11(15)9-3-5-10(14)6-4-9/h3-6,13-14H,1-2,7-8H2,(H,12,15). The third-order valence-corrected chi connectivity index (χ3v) is 2.00. The van der Waals surface area contributed by atoms with Crippen LogP contribution in [0.3, 0.4) is 0 Å². The normalized spacial score (nSPS) is 9.93. The zero-order valence-corrected chi connectivity index (χ0v) is 8.44. The topological polar surface area (TPSA) is 69.6 Å². The molecule has 82 valence electrons. The number of hydrogen-bond donors (Lipinski definition) is 3. The second-order valence-electron chi connectivity index (χ2n) is 3.23. The van der Waals surface area contributed by atoms with Gasteiger partial charge in [-0.15, -0.1) is 0 Å². The average molecular weight is 209 g/mol. The molecule has 0 atom stereocenters. The first-order valence-corrected chi connectivity index (χ1v) is 4.92. The molecule has 0 heterocycles. The molecule has 0 saturated carbocycles. The number of nitrogens with one attached hydrogen (secondary N) is 1. The Morgan fingerprint density at radius 1 is 1.20 bits per heavy atom. The molecule has 4 nitrogen and oxygen atoms in total. The molecule has 0 aromatic heterocycles. The summed E-state index contributed by atoms with van der Waals surface area (Å²) in [7, 11) is 0. The van der Waals surface area contributed by atoms with Gasteiger partial charge in [-0.25, -0.2) is 0 Å². The monoisotopic (exact) mass is 209 g/mol. The van der Waals surface area contributed by atoms with Gasteiger partial charge in [-0.1, -0.05) is 0 Å². The average Bonchev–Trinajstić information content (AvgIpc) is 2.25. The highest BCUT2D eigenvalue weighted by atomic mass is 16.3. The summed E-state index contributed by atoms with van der Waals surface area (Å²) >= 11 is 0. The van der Waals surface area contributed by atoms with Gasteiger partial charge in [0.25, 0.3) is 5.91 Å². The van der Waals surface area contributed by atoms with Gasteiger partial charge in [0.2, 0.25) is 0 Å². The predicted octanol–water partition coefficient (Wildman–Crippen LogP) is 0.894. The van der Waals surface area contributed by atoms with Gasteiger partial charge in [-0.05, 0) is 37.1 Å². The van der Waals surface area contributed by atoms with Crippen molar-refractivity contribution in [1.82, 2.24) is 5.32 Å². The van der Waals surface area contributed by atoms with Gasteiger partial charge < -0.3 is 15.5 Å². The molecule has 0 fully saturated rings. The van der Waals surface area contributed by atoms with Crippen molar-refractivity contribution in [2.75, 3.05) is 13.2 Å².